The lowest BCUT2D eigenvalue weighted by Gasteiger charge is -2.18. The number of hydrogen-bond donors (Lipinski definition) is 0. The minimum atomic E-state index is 0.457. The van der Waals surface area contributed by atoms with Crippen LogP contribution < -0.4 is 14.2 Å². The monoisotopic (exact) mass is 408 g/mol. The third kappa shape index (κ3) is 5.81. The summed E-state index contributed by atoms with van der Waals surface area (Å²) in [4.78, 5) is 0. The highest BCUT2D eigenvalue weighted by atomic mass is 79.9. The smallest absolute Gasteiger partial charge is 0.169 e. The first kappa shape index (κ1) is 19.9. The summed E-state index contributed by atoms with van der Waals surface area (Å²) < 4.78 is 17.7. The SMILES string of the molecule is COc1cc(OCCCCCCBr)c2ccccc2c1OCC(C)C. The Kier molecular flexibility index (Phi) is 8.39. The molecule has 2 aromatic rings. The Labute approximate surface area is 159 Å². The van der Waals surface area contributed by atoms with E-state index in [1.165, 1.54) is 19.3 Å². The first-order valence-electron chi connectivity index (χ1n) is 9.08. The molecular weight excluding hydrogens is 380 g/mol. The molecule has 0 aliphatic rings. The van der Waals surface area contributed by atoms with Gasteiger partial charge in [-0.15, -0.1) is 0 Å². The topological polar surface area (TPSA) is 27.7 Å². The van der Waals surface area contributed by atoms with Crippen LogP contribution in [0.2, 0.25) is 0 Å². The standard InChI is InChI=1S/C21H29BrO3/c1-16(2)15-25-21-18-11-7-6-10-17(18)19(14-20(21)23-3)24-13-9-5-4-8-12-22/h6-7,10-11,14,16H,4-5,8-9,12-13,15H2,1-3H3. The maximum atomic E-state index is 6.08. The molecule has 0 aromatic heterocycles. The number of halogens is 1. The van der Waals surface area contributed by atoms with Crippen LogP contribution in [0.15, 0.2) is 30.3 Å². The summed E-state index contributed by atoms with van der Waals surface area (Å²) in [5.41, 5.74) is 0. The van der Waals surface area contributed by atoms with Gasteiger partial charge in [-0.05, 0) is 18.8 Å². The van der Waals surface area contributed by atoms with Gasteiger partial charge in [-0.3, -0.25) is 0 Å². The second-order valence-corrected chi connectivity index (χ2v) is 7.40. The molecule has 3 nitrogen and oxygen atoms in total. The number of benzene rings is 2. The van der Waals surface area contributed by atoms with Gasteiger partial charge in [0, 0.05) is 22.2 Å². The lowest BCUT2D eigenvalue weighted by Crippen LogP contribution is -2.06. The van der Waals surface area contributed by atoms with E-state index in [-0.39, 0.29) is 0 Å². The first-order valence-corrected chi connectivity index (χ1v) is 10.2. The zero-order valence-corrected chi connectivity index (χ0v) is 17.1. The minimum Gasteiger partial charge on any atom is -0.493 e. The number of alkyl halides is 1. The van der Waals surface area contributed by atoms with Gasteiger partial charge >= 0.3 is 0 Å². The van der Waals surface area contributed by atoms with Gasteiger partial charge in [-0.2, -0.15) is 0 Å². The predicted molar refractivity (Wildman–Crippen MR) is 109 cm³/mol. The molecule has 0 amide bonds. The largest absolute Gasteiger partial charge is 0.493 e. The number of methoxy groups -OCH3 is 1. The highest BCUT2D eigenvalue weighted by molar-refractivity contribution is 9.09. The summed E-state index contributed by atoms with van der Waals surface area (Å²) in [6.07, 6.45) is 4.71. The molecule has 4 heteroatoms. The quantitative estimate of drug-likeness (QED) is 0.326. The van der Waals surface area contributed by atoms with E-state index in [1.54, 1.807) is 7.11 Å². The molecule has 25 heavy (non-hydrogen) atoms. The van der Waals surface area contributed by atoms with Gasteiger partial charge in [0.2, 0.25) is 0 Å². The molecule has 0 aliphatic heterocycles. The Bertz CT molecular complexity index is 655. The Hall–Kier alpha value is -1.42. The highest BCUT2D eigenvalue weighted by Crippen LogP contribution is 2.41. The number of unbranched alkanes of at least 4 members (excludes halogenated alkanes) is 3. The molecule has 0 saturated carbocycles. The lowest BCUT2D eigenvalue weighted by molar-refractivity contribution is 0.258. The van der Waals surface area contributed by atoms with Crippen molar-refractivity contribution < 1.29 is 14.2 Å². The summed E-state index contributed by atoms with van der Waals surface area (Å²) in [6, 6.07) is 10.2. The van der Waals surface area contributed by atoms with E-state index in [4.69, 9.17) is 14.2 Å². The molecule has 2 rings (SSSR count). The summed E-state index contributed by atoms with van der Waals surface area (Å²) in [5, 5.41) is 3.19. The molecule has 0 fully saturated rings. The van der Waals surface area contributed by atoms with Crippen molar-refractivity contribution in [2.75, 3.05) is 25.7 Å². The van der Waals surface area contributed by atoms with E-state index >= 15 is 0 Å². The van der Waals surface area contributed by atoms with Crippen LogP contribution in [-0.4, -0.2) is 25.7 Å². The first-order chi connectivity index (χ1) is 12.2. The molecule has 0 N–H and O–H groups in total. The van der Waals surface area contributed by atoms with Crippen molar-refractivity contribution in [2.45, 2.75) is 39.5 Å². The van der Waals surface area contributed by atoms with Crippen LogP contribution >= 0.6 is 15.9 Å². The molecular formula is C21H29BrO3. The van der Waals surface area contributed by atoms with Crippen LogP contribution in [0.1, 0.15) is 39.5 Å². The Morgan fingerprint density at radius 3 is 2.32 bits per heavy atom. The van der Waals surface area contributed by atoms with Crippen LogP contribution in [0.5, 0.6) is 17.2 Å². The van der Waals surface area contributed by atoms with Crippen LogP contribution in [0.4, 0.5) is 0 Å². The molecule has 0 heterocycles. The molecule has 0 aliphatic carbocycles. The fourth-order valence-corrected chi connectivity index (χ4v) is 3.09. The molecule has 0 unspecified atom stereocenters. The van der Waals surface area contributed by atoms with E-state index < -0.39 is 0 Å². The molecule has 0 spiro atoms. The van der Waals surface area contributed by atoms with E-state index in [1.807, 2.05) is 18.2 Å². The Morgan fingerprint density at radius 2 is 1.64 bits per heavy atom. The van der Waals surface area contributed by atoms with Crippen molar-refractivity contribution in [1.29, 1.82) is 0 Å². The third-order valence-electron chi connectivity index (χ3n) is 3.99. The fraction of sp³-hybridized carbons (Fsp3) is 0.524. The summed E-state index contributed by atoms with van der Waals surface area (Å²) in [7, 11) is 1.68. The van der Waals surface area contributed by atoms with E-state index in [9.17, 15) is 0 Å². The van der Waals surface area contributed by atoms with Crippen LogP contribution in [0.25, 0.3) is 10.8 Å². The summed E-state index contributed by atoms with van der Waals surface area (Å²) in [5.74, 6) is 2.86. The van der Waals surface area contributed by atoms with Crippen molar-refractivity contribution >= 4 is 26.7 Å². The Morgan fingerprint density at radius 1 is 0.920 bits per heavy atom. The van der Waals surface area contributed by atoms with Gasteiger partial charge in [0.25, 0.3) is 0 Å². The zero-order chi connectivity index (χ0) is 18.1. The zero-order valence-electron chi connectivity index (χ0n) is 15.5. The number of hydrogen-bond acceptors (Lipinski definition) is 3. The molecule has 0 bridgehead atoms. The van der Waals surface area contributed by atoms with E-state index in [0.29, 0.717) is 12.5 Å². The van der Waals surface area contributed by atoms with Crippen molar-refractivity contribution in [3.05, 3.63) is 30.3 Å². The second-order valence-electron chi connectivity index (χ2n) is 6.61. The summed E-state index contributed by atoms with van der Waals surface area (Å²) >= 11 is 3.47. The van der Waals surface area contributed by atoms with Gasteiger partial charge in [-0.25, -0.2) is 0 Å². The number of fused-ring (bicyclic) bond motifs is 1. The maximum Gasteiger partial charge on any atom is 0.169 e. The van der Waals surface area contributed by atoms with Gasteiger partial charge in [-0.1, -0.05) is 66.9 Å². The summed E-state index contributed by atoms with van der Waals surface area (Å²) in [6.45, 7) is 5.67. The molecule has 138 valence electrons. The third-order valence-corrected chi connectivity index (χ3v) is 4.55. The van der Waals surface area contributed by atoms with Gasteiger partial charge in [0.1, 0.15) is 5.75 Å². The van der Waals surface area contributed by atoms with Gasteiger partial charge in [0.15, 0.2) is 11.5 Å². The normalized spacial score (nSPS) is 11.1. The van der Waals surface area contributed by atoms with Crippen LogP contribution in [0.3, 0.4) is 0 Å². The molecule has 0 atom stereocenters. The number of ether oxygens (including phenoxy) is 3. The fourth-order valence-electron chi connectivity index (χ4n) is 2.69. The number of rotatable bonds is 11. The van der Waals surface area contributed by atoms with E-state index in [2.05, 4.69) is 41.9 Å². The van der Waals surface area contributed by atoms with Gasteiger partial charge < -0.3 is 14.2 Å². The molecule has 0 radical (unpaired) electrons. The average Bonchev–Trinajstić information content (AvgIpc) is 2.62. The van der Waals surface area contributed by atoms with Crippen LogP contribution in [0, 0.1) is 5.92 Å². The lowest BCUT2D eigenvalue weighted by atomic mass is 10.1. The van der Waals surface area contributed by atoms with Crippen molar-refractivity contribution in [3.63, 3.8) is 0 Å². The minimum absolute atomic E-state index is 0.457. The maximum absolute atomic E-state index is 6.08. The van der Waals surface area contributed by atoms with Crippen LogP contribution in [-0.2, 0) is 0 Å². The predicted octanol–water partition coefficient (Wildman–Crippen LogP) is 6.22. The van der Waals surface area contributed by atoms with Crippen molar-refractivity contribution in [1.82, 2.24) is 0 Å². The highest BCUT2D eigenvalue weighted by Gasteiger charge is 2.15. The van der Waals surface area contributed by atoms with Gasteiger partial charge in [0.05, 0.1) is 20.3 Å². The Balaban J connectivity index is 2.18. The molecule has 2 aromatic carbocycles. The van der Waals surface area contributed by atoms with Crippen molar-refractivity contribution in [3.8, 4) is 17.2 Å². The second kappa shape index (κ2) is 10.5. The van der Waals surface area contributed by atoms with Crippen molar-refractivity contribution in [2.24, 2.45) is 5.92 Å². The average molecular weight is 409 g/mol. The molecule has 0 saturated heterocycles. The van der Waals surface area contributed by atoms with E-state index in [0.717, 1.165) is 46.4 Å².